The Kier molecular flexibility index (Phi) is 6.46. The Morgan fingerprint density at radius 3 is 2.34 bits per heavy atom. The number of benzene rings is 3. The summed E-state index contributed by atoms with van der Waals surface area (Å²) in [5.74, 6) is -1.77. The third kappa shape index (κ3) is 4.88. The normalized spacial score (nSPS) is 12.1. The summed E-state index contributed by atoms with van der Waals surface area (Å²) >= 11 is 0. The monoisotopic (exact) mass is 511 g/mol. The number of hydrogen-bond acceptors (Lipinski definition) is 6. The van der Waals surface area contributed by atoms with E-state index in [0.717, 1.165) is 22.1 Å². The van der Waals surface area contributed by atoms with E-state index >= 15 is 0 Å². The van der Waals surface area contributed by atoms with Crippen LogP contribution in [0.2, 0.25) is 0 Å². The highest BCUT2D eigenvalue weighted by molar-refractivity contribution is 6.02. The number of carboxylic acids is 1. The lowest BCUT2D eigenvalue weighted by molar-refractivity contribution is -0.141. The predicted octanol–water partition coefficient (Wildman–Crippen LogP) is 4.88. The maximum atomic E-state index is 12.8. The molecule has 0 radical (unpaired) electrons. The number of aryl methyl sites for hydroxylation is 2. The lowest BCUT2D eigenvalue weighted by Gasteiger charge is -2.15. The lowest BCUT2D eigenvalue weighted by atomic mass is 9.99. The molecule has 0 bridgehead atoms. The van der Waals surface area contributed by atoms with Gasteiger partial charge in [0, 0.05) is 28.8 Å². The van der Waals surface area contributed by atoms with Crippen LogP contribution in [0.1, 0.15) is 22.3 Å². The van der Waals surface area contributed by atoms with Crippen LogP contribution in [0.3, 0.4) is 0 Å². The number of nitrogens with one attached hydrogen (secondary N) is 1. The van der Waals surface area contributed by atoms with Crippen LogP contribution in [0.15, 0.2) is 80.6 Å². The Morgan fingerprint density at radius 1 is 0.947 bits per heavy atom. The fourth-order valence-electron chi connectivity index (χ4n) is 4.54. The van der Waals surface area contributed by atoms with E-state index in [0.29, 0.717) is 27.7 Å². The number of aliphatic carboxylic acids is 1. The lowest BCUT2D eigenvalue weighted by Crippen LogP contribution is -2.43. The Bertz CT molecular complexity index is 1730. The van der Waals surface area contributed by atoms with E-state index in [2.05, 4.69) is 5.32 Å². The van der Waals surface area contributed by atoms with E-state index in [1.807, 2.05) is 37.3 Å². The molecule has 38 heavy (non-hydrogen) atoms. The molecule has 1 unspecified atom stereocenters. The topological polar surface area (TPSA) is 130 Å². The van der Waals surface area contributed by atoms with Crippen molar-refractivity contribution in [3.8, 4) is 16.9 Å². The van der Waals surface area contributed by atoms with Gasteiger partial charge in [0.25, 0.3) is 0 Å². The zero-order valence-corrected chi connectivity index (χ0v) is 20.8. The Balaban J connectivity index is 1.45. The molecule has 0 fully saturated rings. The SMILES string of the molecule is Cc1ccc(-c2coc3cc4oc(=O)c(CC(=O)NC(Cc5ccc(O)cc5)C(=O)O)c(C)c4cc23)cc1. The molecule has 1 atom stereocenters. The number of carboxylic acid groups (broad SMARTS) is 1. The zero-order valence-electron chi connectivity index (χ0n) is 20.8. The highest BCUT2D eigenvalue weighted by Crippen LogP contribution is 2.34. The zero-order chi connectivity index (χ0) is 27.0. The van der Waals surface area contributed by atoms with Crippen molar-refractivity contribution in [2.75, 3.05) is 0 Å². The van der Waals surface area contributed by atoms with Crippen molar-refractivity contribution < 1.29 is 28.6 Å². The Hall–Kier alpha value is -4.85. The van der Waals surface area contributed by atoms with Gasteiger partial charge in [0.05, 0.1) is 18.2 Å². The summed E-state index contributed by atoms with van der Waals surface area (Å²) < 4.78 is 11.3. The van der Waals surface area contributed by atoms with Gasteiger partial charge in [-0.05, 0) is 48.7 Å². The predicted molar refractivity (Wildman–Crippen MR) is 142 cm³/mol. The summed E-state index contributed by atoms with van der Waals surface area (Å²) in [6, 6.07) is 16.5. The fourth-order valence-corrected chi connectivity index (χ4v) is 4.54. The molecule has 8 nitrogen and oxygen atoms in total. The number of hydrogen-bond donors (Lipinski definition) is 3. The second-order valence-electron chi connectivity index (χ2n) is 9.36. The molecule has 0 aliphatic carbocycles. The van der Waals surface area contributed by atoms with Crippen LogP contribution in [0, 0.1) is 13.8 Å². The van der Waals surface area contributed by atoms with Crippen molar-refractivity contribution >= 4 is 33.8 Å². The van der Waals surface area contributed by atoms with Crippen LogP contribution in [-0.4, -0.2) is 28.1 Å². The van der Waals surface area contributed by atoms with Crippen molar-refractivity contribution in [3.05, 3.63) is 99.6 Å². The summed E-state index contributed by atoms with van der Waals surface area (Å²) in [5, 5.41) is 23.0. The van der Waals surface area contributed by atoms with Gasteiger partial charge in [-0.2, -0.15) is 0 Å². The molecule has 0 aliphatic rings. The summed E-state index contributed by atoms with van der Waals surface area (Å²) in [6.07, 6.45) is 1.35. The quantitative estimate of drug-likeness (QED) is 0.265. The van der Waals surface area contributed by atoms with Gasteiger partial charge in [-0.15, -0.1) is 0 Å². The summed E-state index contributed by atoms with van der Waals surface area (Å²) in [7, 11) is 0. The van der Waals surface area contributed by atoms with Gasteiger partial charge in [0.2, 0.25) is 5.91 Å². The molecule has 1 amide bonds. The average Bonchev–Trinajstić information content (AvgIpc) is 3.29. The molecule has 3 N–H and O–H groups in total. The second-order valence-corrected chi connectivity index (χ2v) is 9.36. The minimum atomic E-state index is -1.21. The number of phenolic OH excluding ortho intramolecular Hbond substituents is 1. The average molecular weight is 512 g/mol. The fraction of sp³-hybridized carbons (Fsp3) is 0.167. The van der Waals surface area contributed by atoms with Crippen molar-refractivity contribution in [1.29, 1.82) is 0 Å². The van der Waals surface area contributed by atoms with Crippen molar-refractivity contribution in [3.63, 3.8) is 0 Å². The first kappa shape index (κ1) is 24.8. The molecule has 192 valence electrons. The van der Waals surface area contributed by atoms with Crippen LogP contribution in [-0.2, 0) is 22.4 Å². The third-order valence-corrected chi connectivity index (χ3v) is 6.69. The third-order valence-electron chi connectivity index (χ3n) is 6.69. The van der Waals surface area contributed by atoms with Gasteiger partial charge in [-0.1, -0.05) is 42.0 Å². The number of rotatable bonds is 7. The molecule has 2 heterocycles. The Morgan fingerprint density at radius 2 is 1.66 bits per heavy atom. The maximum absolute atomic E-state index is 12.8. The number of amides is 1. The van der Waals surface area contributed by atoms with E-state index in [1.54, 1.807) is 31.4 Å². The number of aromatic hydroxyl groups is 1. The first-order valence-electron chi connectivity index (χ1n) is 12.0. The van der Waals surface area contributed by atoms with E-state index in [9.17, 15) is 24.6 Å². The van der Waals surface area contributed by atoms with Gasteiger partial charge in [0.15, 0.2) is 0 Å². The van der Waals surface area contributed by atoms with Gasteiger partial charge in [-0.3, -0.25) is 4.79 Å². The minimum absolute atomic E-state index is 0.0208. The largest absolute Gasteiger partial charge is 0.508 e. The molecular weight excluding hydrogens is 486 g/mol. The molecule has 0 spiro atoms. The molecule has 3 aromatic carbocycles. The molecule has 2 aromatic heterocycles. The minimum Gasteiger partial charge on any atom is -0.508 e. The number of fused-ring (bicyclic) bond motifs is 2. The van der Waals surface area contributed by atoms with Gasteiger partial charge in [-0.25, -0.2) is 9.59 Å². The molecular formula is C30H25NO7. The highest BCUT2D eigenvalue weighted by atomic mass is 16.4. The van der Waals surface area contributed by atoms with Gasteiger partial charge >= 0.3 is 11.6 Å². The second kappa shape index (κ2) is 9.89. The first-order valence-corrected chi connectivity index (χ1v) is 12.0. The van der Waals surface area contributed by atoms with Crippen LogP contribution in [0.25, 0.3) is 33.1 Å². The Labute approximate surface area is 217 Å². The molecule has 0 saturated heterocycles. The first-order chi connectivity index (χ1) is 18.2. The summed E-state index contributed by atoms with van der Waals surface area (Å²) in [6.45, 7) is 3.75. The van der Waals surface area contributed by atoms with E-state index in [1.165, 1.54) is 12.1 Å². The van der Waals surface area contributed by atoms with Gasteiger partial charge in [0.1, 0.15) is 23.0 Å². The number of carbonyl (C=O) groups excluding carboxylic acids is 1. The molecule has 8 heteroatoms. The van der Waals surface area contributed by atoms with Crippen LogP contribution >= 0.6 is 0 Å². The molecule has 0 aliphatic heterocycles. The number of phenols is 1. The van der Waals surface area contributed by atoms with E-state index < -0.39 is 23.5 Å². The molecule has 5 rings (SSSR count). The van der Waals surface area contributed by atoms with Gasteiger partial charge < -0.3 is 24.4 Å². The van der Waals surface area contributed by atoms with E-state index in [-0.39, 0.29) is 24.2 Å². The van der Waals surface area contributed by atoms with Crippen LogP contribution < -0.4 is 10.9 Å². The van der Waals surface area contributed by atoms with Crippen molar-refractivity contribution in [2.24, 2.45) is 0 Å². The number of furan rings is 1. The maximum Gasteiger partial charge on any atom is 0.340 e. The summed E-state index contributed by atoms with van der Waals surface area (Å²) in [5.41, 5.74) is 4.62. The van der Waals surface area contributed by atoms with E-state index in [4.69, 9.17) is 8.83 Å². The van der Waals surface area contributed by atoms with Crippen LogP contribution in [0.5, 0.6) is 5.75 Å². The van der Waals surface area contributed by atoms with Crippen molar-refractivity contribution in [2.45, 2.75) is 32.7 Å². The number of carbonyl (C=O) groups is 2. The van der Waals surface area contributed by atoms with Crippen LogP contribution in [0.4, 0.5) is 0 Å². The summed E-state index contributed by atoms with van der Waals surface area (Å²) in [4.78, 5) is 37.4. The molecule has 0 saturated carbocycles. The van der Waals surface area contributed by atoms with Crippen molar-refractivity contribution in [1.82, 2.24) is 5.32 Å². The highest BCUT2D eigenvalue weighted by Gasteiger charge is 2.23. The smallest absolute Gasteiger partial charge is 0.340 e. The standard InChI is InChI=1S/C30H25NO7/c1-16-3-7-19(8-4-16)24-15-37-26-14-27-21(12-23(24)26)17(2)22(30(36)38-27)13-28(33)31-25(29(34)35)11-18-5-9-20(32)10-6-18/h3-10,12,14-15,25,32H,11,13H2,1-2H3,(H,31,33)(H,34,35). The molecule has 5 aromatic rings.